The standard InChI is InChI=1S/C20H28N2O2S/c1-3-5-6-10-13-17-14-21-19(25-17)18(4-2)22-20(23)24-15-16-11-8-7-9-12-16/h7-9,11-12,14,18H,3-6,10,13,15H2,1-2H3,(H,22,23)/t18-/m0/s1. The molecule has 1 atom stereocenters. The minimum absolute atomic E-state index is 0.0855. The molecule has 1 heterocycles. The van der Waals surface area contributed by atoms with Gasteiger partial charge in [0.25, 0.3) is 0 Å². The Balaban J connectivity index is 1.80. The molecule has 2 rings (SSSR count). The second-order valence-corrected chi connectivity index (χ2v) is 7.29. The van der Waals surface area contributed by atoms with Crippen LogP contribution < -0.4 is 5.32 Å². The number of hydrogen-bond donors (Lipinski definition) is 1. The van der Waals surface area contributed by atoms with Crippen molar-refractivity contribution in [3.05, 3.63) is 52.0 Å². The Labute approximate surface area is 154 Å². The summed E-state index contributed by atoms with van der Waals surface area (Å²) >= 11 is 1.70. The minimum atomic E-state index is -0.393. The fraction of sp³-hybridized carbons (Fsp3) is 0.500. The van der Waals surface area contributed by atoms with Gasteiger partial charge < -0.3 is 10.1 Å². The van der Waals surface area contributed by atoms with Crippen LogP contribution in [0, 0.1) is 0 Å². The van der Waals surface area contributed by atoms with Crippen molar-refractivity contribution in [2.24, 2.45) is 0 Å². The Hall–Kier alpha value is -1.88. The Kier molecular flexibility index (Phi) is 8.46. The molecular formula is C20H28N2O2S. The summed E-state index contributed by atoms with van der Waals surface area (Å²) in [5.41, 5.74) is 0.981. The molecule has 0 aliphatic heterocycles. The molecule has 0 radical (unpaired) electrons. The van der Waals surface area contributed by atoms with Gasteiger partial charge in [0, 0.05) is 11.1 Å². The highest BCUT2D eigenvalue weighted by molar-refractivity contribution is 7.11. The molecule has 0 saturated heterocycles. The topological polar surface area (TPSA) is 51.2 Å². The molecule has 0 unspecified atom stereocenters. The van der Waals surface area contributed by atoms with E-state index < -0.39 is 6.09 Å². The van der Waals surface area contributed by atoms with Gasteiger partial charge in [0.15, 0.2) is 0 Å². The summed E-state index contributed by atoms with van der Waals surface area (Å²) in [6.45, 7) is 4.55. The summed E-state index contributed by atoms with van der Waals surface area (Å²) in [4.78, 5) is 17.9. The van der Waals surface area contributed by atoms with Crippen LogP contribution in [0.4, 0.5) is 4.79 Å². The highest BCUT2D eigenvalue weighted by Crippen LogP contribution is 2.24. The van der Waals surface area contributed by atoms with E-state index >= 15 is 0 Å². The number of nitrogens with zero attached hydrogens (tertiary/aromatic N) is 1. The van der Waals surface area contributed by atoms with E-state index in [1.165, 1.54) is 30.6 Å². The highest BCUT2D eigenvalue weighted by Gasteiger charge is 2.17. The van der Waals surface area contributed by atoms with Crippen LogP contribution in [-0.2, 0) is 17.8 Å². The Morgan fingerprint density at radius 3 is 2.72 bits per heavy atom. The van der Waals surface area contributed by atoms with Gasteiger partial charge in [0.1, 0.15) is 11.6 Å². The zero-order valence-electron chi connectivity index (χ0n) is 15.2. The lowest BCUT2D eigenvalue weighted by molar-refractivity contribution is 0.135. The summed E-state index contributed by atoms with van der Waals surface area (Å²) in [5, 5.41) is 3.89. The van der Waals surface area contributed by atoms with Crippen LogP contribution in [0.3, 0.4) is 0 Å². The Morgan fingerprint density at radius 2 is 2.00 bits per heavy atom. The number of alkyl carbamates (subject to hydrolysis) is 1. The van der Waals surface area contributed by atoms with Crippen LogP contribution in [0.25, 0.3) is 0 Å². The van der Waals surface area contributed by atoms with Gasteiger partial charge in [-0.1, -0.05) is 63.4 Å². The van der Waals surface area contributed by atoms with E-state index in [9.17, 15) is 4.79 Å². The molecule has 0 spiro atoms. The SMILES string of the molecule is CCCCCCc1cnc([C@H](CC)NC(=O)OCc2ccccc2)s1. The quantitative estimate of drug-likeness (QED) is 0.558. The van der Waals surface area contributed by atoms with Crippen molar-refractivity contribution in [3.63, 3.8) is 0 Å². The molecule has 0 saturated carbocycles. The molecule has 0 aliphatic carbocycles. The van der Waals surface area contributed by atoms with Crippen LogP contribution in [0.5, 0.6) is 0 Å². The zero-order chi connectivity index (χ0) is 17.9. The summed E-state index contributed by atoms with van der Waals surface area (Å²) in [6.07, 6.45) is 8.44. The van der Waals surface area contributed by atoms with Crippen molar-refractivity contribution in [2.75, 3.05) is 0 Å². The second-order valence-electron chi connectivity index (χ2n) is 6.14. The number of unbranched alkanes of at least 4 members (excludes halogenated alkanes) is 3. The summed E-state index contributed by atoms with van der Waals surface area (Å²) in [7, 11) is 0. The molecular weight excluding hydrogens is 332 g/mol. The zero-order valence-corrected chi connectivity index (χ0v) is 16.0. The van der Waals surface area contributed by atoms with E-state index in [-0.39, 0.29) is 12.6 Å². The van der Waals surface area contributed by atoms with Crippen molar-refractivity contribution < 1.29 is 9.53 Å². The molecule has 2 aromatic rings. The van der Waals surface area contributed by atoms with E-state index in [4.69, 9.17) is 4.74 Å². The molecule has 5 heteroatoms. The number of aromatic nitrogens is 1. The minimum Gasteiger partial charge on any atom is -0.445 e. The molecule has 0 aliphatic rings. The fourth-order valence-electron chi connectivity index (χ4n) is 2.57. The van der Waals surface area contributed by atoms with Crippen LogP contribution in [-0.4, -0.2) is 11.1 Å². The second kappa shape index (κ2) is 10.9. The number of aryl methyl sites for hydroxylation is 1. The van der Waals surface area contributed by atoms with Gasteiger partial charge in [0.05, 0.1) is 6.04 Å². The van der Waals surface area contributed by atoms with Gasteiger partial charge in [-0.15, -0.1) is 11.3 Å². The van der Waals surface area contributed by atoms with Crippen LogP contribution >= 0.6 is 11.3 Å². The predicted molar refractivity (Wildman–Crippen MR) is 103 cm³/mol. The number of hydrogen-bond acceptors (Lipinski definition) is 4. The molecule has 25 heavy (non-hydrogen) atoms. The van der Waals surface area contributed by atoms with E-state index in [0.29, 0.717) is 0 Å². The summed E-state index contributed by atoms with van der Waals surface area (Å²) in [6, 6.07) is 9.61. The third-order valence-corrected chi connectivity index (χ3v) is 5.23. The maximum atomic E-state index is 12.1. The lowest BCUT2D eigenvalue weighted by Crippen LogP contribution is -2.28. The average molecular weight is 361 g/mol. The molecule has 0 fully saturated rings. The van der Waals surface area contributed by atoms with Gasteiger partial charge in [-0.05, 0) is 24.8 Å². The number of carbonyl (C=O) groups is 1. The van der Waals surface area contributed by atoms with Crippen molar-refractivity contribution in [3.8, 4) is 0 Å². The highest BCUT2D eigenvalue weighted by atomic mass is 32.1. The van der Waals surface area contributed by atoms with Crippen LogP contribution in [0.1, 0.15) is 67.4 Å². The molecule has 1 aromatic heterocycles. The first-order valence-corrected chi connectivity index (χ1v) is 9.96. The van der Waals surface area contributed by atoms with E-state index in [2.05, 4.69) is 17.2 Å². The van der Waals surface area contributed by atoms with Gasteiger partial charge in [-0.2, -0.15) is 0 Å². The predicted octanol–water partition coefficient (Wildman–Crippen LogP) is 5.64. The smallest absolute Gasteiger partial charge is 0.408 e. The van der Waals surface area contributed by atoms with E-state index in [1.54, 1.807) is 11.3 Å². The monoisotopic (exact) mass is 360 g/mol. The maximum Gasteiger partial charge on any atom is 0.408 e. The van der Waals surface area contributed by atoms with Gasteiger partial charge in [-0.25, -0.2) is 9.78 Å². The summed E-state index contributed by atoms with van der Waals surface area (Å²) < 4.78 is 5.31. The molecule has 1 amide bonds. The first-order chi connectivity index (χ1) is 12.2. The normalized spacial score (nSPS) is 11.9. The average Bonchev–Trinajstić information content (AvgIpc) is 3.11. The van der Waals surface area contributed by atoms with Crippen molar-refractivity contribution in [1.29, 1.82) is 0 Å². The first-order valence-electron chi connectivity index (χ1n) is 9.14. The Bertz CT molecular complexity index is 628. The molecule has 136 valence electrons. The van der Waals surface area contributed by atoms with Crippen molar-refractivity contribution in [1.82, 2.24) is 10.3 Å². The fourth-order valence-corrected chi connectivity index (χ4v) is 3.66. The maximum absolute atomic E-state index is 12.1. The molecule has 4 nitrogen and oxygen atoms in total. The molecule has 0 bridgehead atoms. The number of benzene rings is 1. The number of nitrogens with one attached hydrogen (secondary N) is 1. The van der Waals surface area contributed by atoms with E-state index in [0.717, 1.165) is 23.4 Å². The largest absolute Gasteiger partial charge is 0.445 e. The van der Waals surface area contributed by atoms with Gasteiger partial charge >= 0.3 is 6.09 Å². The number of amides is 1. The van der Waals surface area contributed by atoms with Crippen molar-refractivity contribution in [2.45, 2.75) is 65.0 Å². The third-order valence-electron chi connectivity index (χ3n) is 4.06. The lowest BCUT2D eigenvalue weighted by Gasteiger charge is -2.14. The lowest BCUT2D eigenvalue weighted by atomic mass is 10.1. The number of rotatable bonds is 10. The van der Waals surface area contributed by atoms with Crippen LogP contribution in [0.2, 0.25) is 0 Å². The number of ether oxygens (including phenoxy) is 1. The molecule has 1 aromatic carbocycles. The van der Waals surface area contributed by atoms with Crippen molar-refractivity contribution >= 4 is 17.4 Å². The van der Waals surface area contributed by atoms with Gasteiger partial charge in [-0.3, -0.25) is 0 Å². The Morgan fingerprint density at radius 1 is 1.20 bits per heavy atom. The van der Waals surface area contributed by atoms with E-state index in [1.807, 2.05) is 43.5 Å². The van der Waals surface area contributed by atoms with Crippen LogP contribution in [0.15, 0.2) is 36.5 Å². The number of carbonyl (C=O) groups excluding carboxylic acids is 1. The summed E-state index contributed by atoms with van der Waals surface area (Å²) in [5.74, 6) is 0. The first kappa shape index (κ1) is 19.4. The number of thiazole rings is 1. The van der Waals surface area contributed by atoms with Gasteiger partial charge in [0.2, 0.25) is 0 Å². The third kappa shape index (κ3) is 6.86. The molecule has 1 N–H and O–H groups in total.